The molecule has 280 valence electrons. The lowest BCUT2D eigenvalue weighted by atomic mass is 10.0. The number of fused-ring (bicyclic) bond motifs is 9. The fraction of sp³-hybridized carbons (Fsp3) is 0. The Kier molecular flexibility index (Phi) is 7.78. The molecule has 0 atom stereocenters. The standard InChI is InChI=1S/C55H35N5/c1-4-15-36(16-5-1)38-27-30-43(31-28-38)59-48-33-34-49-50(51(48)46-32-29-39-19-10-11-24-44(39)52(46)59)45-25-12-13-26-47(45)60(49)55-57-53(40-20-8-3-9-21-40)56-54(58-55)42-23-14-22-41(35-42)37-17-6-2-7-18-37/h1-35H. The molecule has 0 amide bonds. The van der Waals surface area contributed by atoms with Crippen LogP contribution in [-0.4, -0.2) is 24.1 Å². The third-order valence-corrected chi connectivity index (χ3v) is 11.8. The molecule has 0 bridgehead atoms. The van der Waals surface area contributed by atoms with E-state index in [-0.39, 0.29) is 0 Å². The Bertz CT molecular complexity index is 3570. The van der Waals surface area contributed by atoms with Crippen molar-refractivity contribution in [2.75, 3.05) is 0 Å². The quantitative estimate of drug-likeness (QED) is 0.169. The highest BCUT2D eigenvalue weighted by molar-refractivity contribution is 6.31. The molecule has 0 aliphatic carbocycles. The predicted molar refractivity (Wildman–Crippen MR) is 248 cm³/mol. The molecule has 0 aliphatic rings. The van der Waals surface area contributed by atoms with Crippen LogP contribution in [-0.2, 0) is 0 Å². The zero-order valence-corrected chi connectivity index (χ0v) is 32.4. The van der Waals surface area contributed by atoms with Crippen molar-refractivity contribution >= 4 is 54.4 Å². The first-order valence-electron chi connectivity index (χ1n) is 20.3. The van der Waals surface area contributed by atoms with Crippen molar-refractivity contribution in [1.29, 1.82) is 0 Å². The number of hydrogen-bond donors (Lipinski definition) is 0. The van der Waals surface area contributed by atoms with Crippen LogP contribution in [0.3, 0.4) is 0 Å². The topological polar surface area (TPSA) is 48.5 Å². The zero-order chi connectivity index (χ0) is 39.6. The predicted octanol–water partition coefficient (Wildman–Crippen LogP) is 13.9. The molecule has 0 fully saturated rings. The minimum absolute atomic E-state index is 0.570. The van der Waals surface area contributed by atoms with Gasteiger partial charge in [0.15, 0.2) is 11.6 Å². The van der Waals surface area contributed by atoms with E-state index in [0.717, 1.165) is 55.3 Å². The van der Waals surface area contributed by atoms with Crippen LogP contribution in [0.2, 0.25) is 0 Å². The average Bonchev–Trinajstić information content (AvgIpc) is 3.86. The molecular weight excluding hydrogens is 731 g/mol. The summed E-state index contributed by atoms with van der Waals surface area (Å²) in [6.07, 6.45) is 0. The van der Waals surface area contributed by atoms with Gasteiger partial charge in [0, 0.05) is 43.7 Å². The molecule has 0 N–H and O–H groups in total. The second-order valence-electron chi connectivity index (χ2n) is 15.2. The Balaban J connectivity index is 1.14. The van der Waals surface area contributed by atoms with E-state index in [2.05, 4.69) is 197 Å². The molecule has 12 rings (SSSR count). The lowest BCUT2D eigenvalue weighted by molar-refractivity contribution is 0.953. The van der Waals surface area contributed by atoms with Gasteiger partial charge in [-0.3, -0.25) is 4.57 Å². The Morgan fingerprint density at radius 2 is 0.833 bits per heavy atom. The maximum absolute atomic E-state index is 5.31. The molecule has 12 aromatic rings. The summed E-state index contributed by atoms with van der Waals surface area (Å²) in [6.45, 7) is 0. The van der Waals surface area contributed by atoms with E-state index in [1.807, 2.05) is 24.3 Å². The molecule has 0 unspecified atom stereocenters. The Hall–Kier alpha value is -8.15. The van der Waals surface area contributed by atoms with Crippen LogP contribution >= 0.6 is 0 Å². The van der Waals surface area contributed by atoms with Gasteiger partial charge >= 0.3 is 0 Å². The molecule has 60 heavy (non-hydrogen) atoms. The maximum atomic E-state index is 5.31. The summed E-state index contributed by atoms with van der Waals surface area (Å²) < 4.78 is 4.67. The number of benzene rings is 9. The molecule has 0 spiro atoms. The number of aromatic nitrogens is 5. The molecule has 0 saturated carbocycles. The largest absolute Gasteiger partial charge is 0.309 e. The van der Waals surface area contributed by atoms with Crippen LogP contribution < -0.4 is 0 Å². The van der Waals surface area contributed by atoms with Gasteiger partial charge in [0.2, 0.25) is 5.95 Å². The van der Waals surface area contributed by atoms with Crippen molar-refractivity contribution < 1.29 is 0 Å². The van der Waals surface area contributed by atoms with E-state index >= 15 is 0 Å². The molecule has 5 heteroatoms. The lowest BCUT2D eigenvalue weighted by Crippen LogP contribution is -2.06. The first kappa shape index (κ1) is 33.9. The maximum Gasteiger partial charge on any atom is 0.238 e. The van der Waals surface area contributed by atoms with Crippen LogP contribution in [0.1, 0.15) is 0 Å². The van der Waals surface area contributed by atoms with Crippen molar-refractivity contribution in [2.24, 2.45) is 0 Å². The highest BCUT2D eigenvalue weighted by Gasteiger charge is 2.23. The van der Waals surface area contributed by atoms with E-state index in [1.165, 1.54) is 38.2 Å². The second kappa shape index (κ2) is 13.8. The molecule has 0 aliphatic heterocycles. The summed E-state index contributed by atoms with van der Waals surface area (Å²) in [4.78, 5) is 15.7. The van der Waals surface area contributed by atoms with Gasteiger partial charge in [0.05, 0.1) is 22.1 Å². The van der Waals surface area contributed by atoms with Crippen LogP contribution in [0.25, 0.3) is 111 Å². The SMILES string of the molecule is c1ccc(-c2ccc(-n3c4ccc5c(c6ccccc6n5-c5nc(-c6ccccc6)nc(-c6cccc(-c7ccccc7)c6)n5)c4c4ccc5ccccc5c43)cc2)cc1. The van der Waals surface area contributed by atoms with Gasteiger partial charge in [0.25, 0.3) is 0 Å². The van der Waals surface area contributed by atoms with Crippen molar-refractivity contribution in [2.45, 2.75) is 0 Å². The zero-order valence-electron chi connectivity index (χ0n) is 32.4. The van der Waals surface area contributed by atoms with Crippen molar-refractivity contribution in [3.05, 3.63) is 212 Å². The van der Waals surface area contributed by atoms with Gasteiger partial charge in [-0.25, -0.2) is 4.98 Å². The Morgan fingerprint density at radius 3 is 1.57 bits per heavy atom. The minimum Gasteiger partial charge on any atom is -0.309 e. The highest BCUT2D eigenvalue weighted by Crippen LogP contribution is 2.44. The molecule has 3 heterocycles. The Morgan fingerprint density at radius 1 is 0.300 bits per heavy atom. The molecule has 3 aromatic heterocycles. The van der Waals surface area contributed by atoms with Gasteiger partial charge in [-0.2, -0.15) is 9.97 Å². The van der Waals surface area contributed by atoms with Gasteiger partial charge in [-0.05, 0) is 64.0 Å². The van der Waals surface area contributed by atoms with Crippen molar-refractivity contribution in [3.8, 4) is 56.7 Å². The van der Waals surface area contributed by atoms with E-state index < -0.39 is 0 Å². The summed E-state index contributed by atoms with van der Waals surface area (Å²) in [6, 6.07) is 75.1. The minimum atomic E-state index is 0.570. The van der Waals surface area contributed by atoms with E-state index in [0.29, 0.717) is 17.6 Å². The third-order valence-electron chi connectivity index (χ3n) is 11.8. The Labute approximate surface area is 346 Å². The number of para-hydroxylation sites is 1. The van der Waals surface area contributed by atoms with E-state index in [9.17, 15) is 0 Å². The lowest BCUT2D eigenvalue weighted by Gasteiger charge is -2.12. The van der Waals surface area contributed by atoms with Crippen LogP contribution in [0, 0.1) is 0 Å². The van der Waals surface area contributed by atoms with Crippen molar-refractivity contribution in [1.82, 2.24) is 24.1 Å². The molecule has 0 radical (unpaired) electrons. The fourth-order valence-corrected chi connectivity index (χ4v) is 9.02. The average molecular weight is 766 g/mol. The number of nitrogens with zero attached hydrogens (tertiary/aromatic N) is 5. The number of rotatable bonds is 6. The van der Waals surface area contributed by atoms with Gasteiger partial charge in [-0.15, -0.1) is 0 Å². The first-order chi connectivity index (χ1) is 29.8. The summed E-state index contributed by atoms with van der Waals surface area (Å²) in [7, 11) is 0. The molecule has 0 saturated heterocycles. The molecule has 5 nitrogen and oxygen atoms in total. The van der Waals surface area contributed by atoms with Crippen LogP contribution in [0.5, 0.6) is 0 Å². The van der Waals surface area contributed by atoms with Crippen LogP contribution in [0.4, 0.5) is 0 Å². The summed E-state index contributed by atoms with van der Waals surface area (Å²) in [5.74, 6) is 1.81. The van der Waals surface area contributed by atoms with Crippen LogP contribution in [0.15, 0.2) is 212 Å². The number of hydrogen-bond acceptors (Lipinski definition) is 3. The molecular formula is C55H35N5. The first-order valence-corrected chi connectivity index (χ1v) is 20.3. The second-order valence-corrected chi connectivity index (χ2v) is 15.2. The fourth-order valence-electron chi connectivity index (χ4n) is 9.02. The monoisotopic (exact) mass is 765 g/mol. The van der Waals surface area contributed by atoms with E-state index in [4.69, 9.17) is 15.0 Å². The summed E-state index contributed by atoms with van der Waals surface area (Å²) in [5, 5.41) is 7.11. The van der Waals surface area contributed by atoms with E-state index in [1.54, 1.807) is 0 Å². The highest BCUT2D eigenvalue weighted by atomic mass is 15.2. The smallest absolute Gasteiger partial charge is 0.238 e. The van der Waals surface area contributed by atoms with Crippen molar-refractivity contribution in [3.63, 3.8) is 0 Å². The normalized spacial score (nSPS) is 11.7. The van der Waals surface area contributed by atoms with Gasteiger partial charge in [-0.1, -0.05) is 176 Å². The third kappa shape index (κ3) is 5.44. The van der Waals surface area contributed by atoms with Gasteiger partial charge in [0.1, 0.15) is 0 Å². The summed E-state index contributed by atoms with van der Waals surface area (Å²) >= 11 is 0. The summed E-state index contributed by atoms with van der Waals surface area (Å²) in [5.41, 5.74) is 12.0. The van der Waals surface area contributed by atoms with Gasteiger partial charge < -0.3 is 4.57 Å². The molecule has 9 aromatic carbocycles.